The lowest BCUT2D eigenvalue weighted by molar-refractivity contribution is 0.655. The van der Waals surface area contributed by atoms with Crippen LogP contribution < -0.4 is 16.0 Å². The highest BCUT2D eigenvalue weighted by molar-refractivity contribution is 5.30. The van der Waals surface area contributed by atoms with Crippen LogP contribution in [0.2, 0.25) is 0 Å². The van der Waals surface area contributed by atoms with Gasteiger partial charge in [-0.1, -0.05) is 39.0 Å². The van der Waals surface area contributed by atoms with Crippen molar-refractivity contribution in [2.45, 2.75) is 59.7 Å². The summed E-state index contributed by atoms with van der Waals surface area (Å²) in [5.74, 6) is 0. The molecule has 0 fully saturated rings. The number of rotatable bonds is 12. The van der Waals surface area contributed by atoms with E-state index in [2.05, 4.69) is 54.9 Å². The minimum atomic E-state index is 0.968. The molecule has 3 N–H and O–H groups in total. The first-order valence-corrected chi connectivity index (χ1v) is 8.54. The van der Waals surface area contributed by atoms with Crippen LogP contribution in [-0.2, 0) is 19.6 Å². The van der Waals surface area contributed by atoms with Crippen molar-refractivity contribution in [1.82, 2.24) is 16.0 Å². The van der Waals surface area contributed by atoms with Crippen molar-refractivity contribution in [2.75, 3.05) is 19.6 Å². The Morgan fingerprint density at radius 1 is 0.571 bits per heavy atom. The normalized spacial score (nSPS) is 11.0. The summed E-state index contributed by atoms with van der Waals surface area (Å²) in [5, 5.41) is 10.5. The van der Waals surface area contributed by atoms with Crippen LogP contribution >= 0.6 is 0 Å². The summed E-state index contributed by atoms with van der Waals surface area (Å²) in [5.41, 5.74) is 4.19. The third-order valence-corrected chi connectivity index (χ3v) is 3.38. The van der Waals surface area contributed by atoms with Gasteiger partial charge in [-0.3, -0.25) is 0 Å². The van der Waals surface area contributed by atoms with Gasteiger partial charge in [-0.15, -0.1) is 0 Å². The molecule has 1 aromatic carbocycles. The number of hydrogen-bond donors (Lipinski definition) is 3. The molecule has 120 valence electrons. The van der Waals surface area contributed by atoms with Crippen LogP contribution in [0.5, 0.6) is 0 Å². The number of benzene rings is 1. The van der Waals surface area contributed by atoms with Gasteiger partial charge in [0.25, 0.3) is 0 Å². The molecule has 0 spiro atoms. The van der Waals surface area contributed by atoms with Crippen LogP contribution in [0.1, 0.15) is 56.7 Å². The molecular weight excluding hydrogens is 258 g/mol. The molecule has 0 bridgehead atoms. The van der Waals surface area contributed by atoms with Gasteiger partial charge in [-0.05, 0) is 55.6 Å². The van der Waals surface area contributed by atoms with E-state index in [1.165, 1.54) is 36.0 Å². The van der Waals surface area contributed by atoms with E-state index in [-0.39, 0.29) is 0 Å². The second-order valence-electron chi connectivity index (χ2n) is 5.69. The number of hydrogen-bond acceptors (Lipinski definition) is 3. The van der Waals surface area contributed by atoms with Gasteiger partial charge >= 0.3 is 0 Å². The van der Waals surface area contributed by atoms with Gasteiger partial charge in [0.15, 0.2) is 0 Å². The van der Waals surface area contributed by atoms with Gasteiger partial charge in [-0.25, -0.2) is 0 Å². The van der Waals surface area contributed by atoms with Crippen molar-refractivity contribution in [3.63, 3.8) is 0 Å². The number of nitrogens with one attached hydrogen (secondary N) is 3. The summed E-state index contributed by atoms with van der Waals surface area (Å²) in [6.07, 6.45) is 3.55. The van der Waals surface area contributed by atoms with Crippen molar-refractivity contribution in [3.8, 4) is 0 Å². The SMILES string of the molecule is CCCNCc1cc(CNCCC)cc(CNCCC)c1. The maximum absolute atomic E-state index is 3.50. The Morgan fingerprint density at radius 2 is 0.857 bits per heavy atom. The highest BCUT2D eigenvalue weighted by Gasteiger charge is 2.02. The van der Waals surface area contributed by atoms with E-state index < -0.39 is 0 Å². The molecule has 0 radical (unpaired) electrons. The van der Waals surface area contributed by atoms with Crippen molar-refractivity contribution in [1.29, 1.82) is 0 Å². The molecule has 0 aliphatic rings. The predicted octanol–water partition coefficient (Wildman–Crippen LogP) is 3.19. The van der Waals surface area contributed by atoms with Gasteiger partial charge in [0.1, 0.15) is 0 Å². The third kappa shape index (κ3) is 8.20. The smallest absolute Gasteiger partial charge is 0.0205 e. The first kappa shape index (κ1) is 18.1. The fourth-order valence-corrected chi connectivity index (χ4v) is 2.37. The Balaban J connectivity index is 2.65. The van der Waals surface area contributed by atoms with Crippen LogP contribution in [0.25, 0.3) is 0 Å². The Morgan fingerprint density at radius 3 is 1.10 bits per heavy atom. The maximum Gasteiger partial charge on any atom is 0.0205 e. The molecule has 0 aliphatic heterocycles. The largest absolute Gasteiger partial charge is 0.313 e. The van der Waals surface area contributed by atoms with E-state index in [4.69, 9.17) is 0 Å². The first-order chi connectivity index (χ1) is 10.3. The summed E-state index contributed by atoms with van der Waals surface area (Å²) in [6.45, 7) is 12.8. The van der Waals surface area contributed by atoms with E-state index >= 15 is 0 Å². The van der Waals surface area contributed by atoms with E-state index in [1.54, 1.807) is 0 Å². The minimum Gasteiger partial charge on any atom is -0.313 e. The van der Waals surface area contributed by atoms with Crippen molar-refractivity contribution < 1.29 is 0 Å². The van der Waals surface area contributed by atoms with Crippen LogP contribution in [0.15, 0.2) is 18.2 Å². The zero-order valence-electron chi connectivity index (χ0n) is 14.1. The lowest BCUT2D eigenvalue weighted by atomic mass is 10.0. The van der Waals surface area contributed by atoms with Crippen LogP contribution in [-0.4, -0.2) is 19.6 Å². The summed E-state index contributed by atoms with van der Waals surface area (Å²) in [7, 11) is 0. The Bertz CT molecular complexity index is 307. The summed E-state index contributed by atoms with van der Waals surface area (Å²) >= 11 is 0. The van der Waals surface area contributed by atoms with E-state index in [1.807, 2.05) is 0 Å². The molecule has 0 aromatic heterocycles. The molecule has 0 atom stereocenters. The fourth-order valence-electron chi connectivity index (χ4n) is 2.37. The molecule has 3 heteroatoms. The van der Waals surface area contributed by atoms with E-state index in [9.17, 15) is 0 Å². The van der Waals surface area contributed by atoms with Gasteiger partial charge in [0.05, 0.1) is 0 Å². The Kier molecular flexibility index (Phi) is 10.1. The maximum atomic E-state index is 3.50. The molecule has 3 nitrogen and oxygen atoms in total. The lowest BCUT2D eigenvalue weighted by Crippen LogP contribution is -2.18. The molecule has 0 aliphatic carbocycles. The van der Waals surface area contributed by atoms with Gasteiger partial charge in [0, 0.05) is 19.6 Å². The standard InChI is InChI=1S/C18H33N3/c1-4-7-19-13-16-10-17(14-20-8-5-2)12-18(11-16)15-21-9-6-3/h10-12,19-21H,4-9,13-15H2,1-3H3. The predicted molar refractivity (Wildman–Crippen MR) is 92.4 cm³/mol. The highest BCUT2D eigenvalue weighted by atomic mass is 14.9. The highest BCUT2D eigenvalue weighted by Crippen LogP contribution is 2.11. The topological polar surface area (TPSA) is 36.1 Å². The summed E-state index contributed by atoms with van der Waals surface area (Å²) in [4.78, 5) is 0. The minimum absolute atomic E-state index is 0.968. The Labute approximate surface area is 130 Å². The first-order valence-electron chi connectivity index (χ1n) is 8.54. The van der Waals surface area contributed by atoms with Gasteiger partial charge < -0.3 is 16.0 Å². The molecule has 21 heavy (non-hydrogen) atoms. The van der Waals surface area contributed by atoms with Crippen LogP contribution in [0, 0.1) is 0 Å². The molecule has 0 saturated heterocycles. The molecule has 1 rings (SSSR count). The summed E-state index contributed by atoms with van der Waals surface area (Å²) in [6, 6.07) is 6.98. The molecule has 0 heterocycles. The molecular formula is C18H33N3. The van der Waals surface area contributed by atoms with Gasteiger partial charge in [0.2, 0.25) is 0 Å². The third-order valence-electron chi connectivity index (χ3n) is 3.38. The van der Waals surface area contributed by atoms with Crippen molar-refractivity contribution in [3.05, 3.63) is 34.9 Å². The molecule has 0 saturated carbocycles. The lowest BCUT2D eigenvalue weighted by Gasteiger charge is -2.12. The van der Waals surface area contributed by atoms with Crippen LogP contribution in [0.4, 0.5) is 0 Å². The zero-order chi connectivity index (χ0) is 15.3. The Hall–Kier alpha value is -0.900. The van der Waals surface area contributed by atoms with E-state index in [0.29, 0.717) is 0 Å². The van der Waals surface area contributed by atoms with Crippen molar-refractivity contribution in [2.24, 2.45) is 0 Å². The monoisotopic (exact) mass is 291 g/mol. The zero-order valence-corrected chi connectivity index (χ0v) is 14.1. The van der Waals surface area contributed by atoms with E-state index in [0.717, 1.165) is 39.3 Å². The second-order valence-corrected chi connectivity index (χ2v) is 5.69. The quantitative estimate of drug-likeness (QED) is 0.518. The van der Waals surface area contributed by atoms with Gasteiger partial charge in [-0.2, -0.15) is 0 Å². The summed E-state index contributed by atoms with van der Waals surface area (Å²) < 4.78 is 0. The van der Waals surface area contributed by atoms with Crippen molar-refractivity contribution >= 4 is 0 Å². The average Bonchev–Trinajstić information content (AvgIpc) is 2.48. The average molecular weight is 291 g/mol. The van der Waals surface area contributed by atoms with Crippen LogP contribution in [0.3, 0.4) is 0 Å². The second kappa shape index (κ2) is 11.7. The molecule has 1 aromatic rings. The molecule has 0 unspecified atom stereocenters. The fraction of sp³-hybridized carbons (Fsp3) is 0.667. The molecule has 0 amide bonds.